The molecule has 3 aromatic rings. The van der Waals surface area contributed by atoms with Gasteiger partial charge in [-0.1, -0.05) is 13.0 Å². The van der Waals surface area contributed by atoms with Crippen molar-refractivity contribution in [1.29, 1.82) is 0 Å². The molecule has 0 saturated heterocycles. The van der Waals surface area contributed by atoms with Gasteiger partial charge in [0.2, 0.25) is 0 Å². The van der Waals surface area contributed by atoms with Crippen LogP contribution in [0, 0.1) is 0 Å². The number of hydrogen-bond donors (Lipinski definition) is 1. The van der Waals surface area contributed by atoms with E-state index < -0.39 is 5.63 Å². The van der Waals surface area contributed by atoms with E-state index in [1.807, 2.05) is 12.1 Å². The molecular formula is C12H10N4O2. The normalized spacial score (nSPS) is 10.9. The topological polar surface area (TPSA) is 84.7 Å². The molecule has 0 fully saturated rings. The fraction of sp³-hybridized carbons (Fsp3) is 0.167. The van der Waals surface area contributed by atoms with Crippen molar-refractivity contribution in [3.8, 4) is 11.4 Å². The molecule has 1 N–H and O–H groups in total. The number of rotatable bonds is 2. The summed E-state index contributed by atoms with van der Waals surface area (Å²) in [5.74, 6) is 0.313. The molecule has 0 amide bonds. The van der Waals surface area contributed by atoms with E-state index in [1.54, 1.807) is 12.1 Å². The van der Waals surface area contributed by atoms with Crippen molar-refractivity contribution in [1.82, 2.24) is 20.6 Å². The van der Waals surface area contributed by atoms with Crippen LogP contribution < -0.4 is 5.63 Å². The van der Waals surface area contributed by atoms with Crippen LogP contribution in [0.3, 0.4) is 0 Å². The van der Waals surface area contributed by atoms with E-state index in [4.69, 9.17) is 4.42 Å². The third-order valence-electron chi connectivity index (χ3n) is 2.81. The maximum atomic E-state index is 11.8. The van der Waals surface area contributed by atoms with Gasteiger partial charge < -0.3 is 4.42 Å². The minimum atomic E-state index is -0.453. The molecule has 0 unspecified atom stereocenters. The van der Waals surface area contributed by atoms with Gasteiger partial charge in [-0.2, -0.15) is 0 Å². The van der Waals surface area contributed by atoms with Crippen LogP contribution in [0.25, 0.3) is 22.4 Å². The highest BCUT2D eigenvalue weighted by atomic mass is 16.4. The highest BCUT2D eigenvalue weighted by Crippen LogP contribution is 2.19. The van der Waals surface area contributed by atoms with Gasteiger partial charge in [0.15, 0.2) is 5.82 Å². The molecule has 1 aromatic carbocycles. The maximum Gasteiger partial charge on any atom is 0.347 e. The van der Waals surface area contributed by atoms with Crippen LogP contribution in [-0.4, -0.2) is 20.6 Å². The first kappa shape index (κ1) is 10.6. The molecule has 6 heteroatoms. The zero-order valence-electron chi connectivity index (χ0n) is 9.67. The van der Waals surface area contributed by atoms with Crippen molar-refractivity contribution < 1.29 is 4.42 Å². The van der Waals surface area contributed by atoms with Crippen molar-refractivity contribution in [2.75, 3.05) is 0 Å². The van der Waals surface area contributed by atoms with Gasteiger partial charge in [-0.05, 0) is 40.6 Å². The average molecular weight is 242 g/mol. The zero-order chi connectivity index (χ0) is 12.5. The Morgan fingerprint density at radius 3 is 2.94 bits per heavy atom. The van der Waals surface area contributed by atoms with E-state index in [1.165, 1.54) is 5.56 Å². The molecule has 0 spiro atoms. The van der Waals surface area contributed by atoms with Gasteiger partial charge in [-0.15, -0.1) is 5.10 Å². The summed E-state index contributed by atoms with van der Waals surface area (Å²) >= 11 is 0. The molecule has 0 aliphatic heterocycles. The number of aromatic nitrogens is 4. The summed E-state index contributed by atoms with van der Waals surface area (Å²) in [6.45, 7) is 2.07. The monoisotopic (exact) mass is 242 g/mol. The molecule has 0 aliphatic carbocycles. The molecule has 0 aliphatic rings. The van der Waals surface area contributed by atoms with Crippen molar-refractivity contribution in [2.24, 2.45) is 0 Å². The quantitative estimate of drug-likeness (QED) is 0.689. The largest absolute Gasteiger partial charge is 0.422 e. The van der Waals surface area contributed by atoms with Crippen molar-refractivity contribution in [2.45, 2.75) is 13.3 Å². The van der Waals surface area contributed by atoms with Crippen LogP contribution in [0.5, 0.6) is 0 Å². The summed E-state index contributed by atoms with van der Waals surface area (Å²) < 4.78 is 5.24. The molecule has 2 aromatic heterocycles. The summed E-state index contributed by atoms with van der Waals surface area (Å²) in [4.78, 5) is 11.8. The second-order valence-electron chi connectivity index (χ2n) is 3.92. The van der Waals surface area contributed by atoms with Crippen molar-refractivity contribution >= 4 is 11.0 Å². The van der Waals surface area contributed by atoms with Crippen LogP contribution in [0.4, 0.5) is 0 Å². The SMILES string of the molecule is CCc1ccc2oc(=O)c(-c3nnn[nH]3)cc2c1. The van der Waals surface area contributed by atoms with E-state index in [2.05, 4.69) is 27.5 Å². The van der Waals surface area contributed by atoms with Gasteiger partial charge >= 0.3 is 5.63 Å². The minimum Gasteiger partial charge on any atom is -0.422 e. The molecule has 0 saturated carbocycles. The van der Waals surface area contributed by atoms with E-state index in [-0.39, 0.29) is 0 Å². The van der Waals surface area contributed by atoms with E-state index in [0.717, 1.165) is 11.8 Å². The number of nitrogens with one attached hydrogen (secondary N) is 1. The third kappa shape index (κ3) is 1.67. The lowest BCUT2D eigenvalue weighted by molar-refractivity contribution is 0.562. The van der Waals surface area contributed by atoms with Crippen LogP contribution >= 0.6 is 0 Å². The lowest BCUT2D eigenvalue weighted by Crippen LogP contribution is -2.04. The number of H-pyrrole nitrogens is 1. The van der Waals surface area contributed by atoms with Gasteiger partial charge in [0.25, 0.3) is 0 Å². The summed E-state index contributed by atoms with van der Waals surface area (Å²) in [5, 5.41) is 14.0. The lowest BCUT2D eigenvalue weighted by Gasteiger charge is -2.01. The molecule has 3 rings (SSSR count). The van der Waals surface area contributed by atoms with Gasteiger partial charge in [0, 0.05) is 5.39 Å². The molecule has 0 bridgehead atoms. The highest BCUT2D eigenvalue weighted by Gasteiger charge is 2.10. The van der Waals surface area contributed by atoms with E-state index in [9.17, 15) is 4.79 Å². The number of benzene rings is 1. The molecule has 18 heavy (non-hydrogen) atoms. The number of aryl methyl sites for hydroxylation is 1. The first-order valence-corrected chi connectivity index (χ1v) is 5.59. The first-order valence-electron chi connectivity index (χ1n) is 5.59. The minimum absolute atomic E-state index is 0.313. The molecule has 2 heterocycles. The Balaban J connectivity index is 2.28. The molecular weight excluding hydrogens is 232 g/mol. The van der Waals surface area contributed by atoms with Gasteiger partial charge in [-0.3, -0.25) is 0 Å². The zero-order valence-corrected chi connectivity index (χ0v) is 9.67. The Morgan fingerprint density at radius 1 is 1.33 bits per heavy atom. The summed E-state index contributed by atoms with van der Waals surface area (Å²) in [6, 6.07) is 7.48. The third-order valence-corrected chi connectivity index (χ3v) is 2.81. The lowest BCUT2D eigenvalue weighted by atomic mass is 10.1. The van der Waals surface area contributed by atoms with Crippen LogP contribution in [0.15, 0.2) is 33.5 Å². The van der Waals surface area contributed by atoms with E-state index >= 15 is 0 Å². The average Bonchev–Trinajstić information content (AvgIpc) is 2.91. The van der Waals surface area contributed by atoms with Gasteiger partial charge in [0.1, 0.15) is 11.1 Å². The first-order chi connectivity index (χ1) is 8.78. The van der Waals surface area contributed by atoms with Gasteiger partial charge in [-0.25, -0.2) is 9.89 Å². The summed E-state index contributed by atoms with van der Waals surface area (Å²) in [6.07, 6.45) is 0.925. The van der Waals surface area contributed by atoms with Crippen LogP contribution in [0.2, 0.25) is 0 Å². The van der Waals surface area contributed by atoms with Crippen LogP contribution in [0.1, 0.15) is 12.5 Å². The maximum absolute atomic E-state index is 11.8. The number of tetrazole rings is 1. The second-order valence-corrected chi connectivity index (χ2v) is 3.92. The standard InChI is InChI=1S/C12H10N4O2/c1-2-7-3-4-10-8(5-7)6-9(12(17)18-10)11-13-15-16-14-11/h3-6H,2H2,1H3,(H,13,14,15,16). The van der Waals surface area contributed by atoms with Gasteiger partial charge in [0.05, 0.1) is 0 Å². The molecule has 0 atom stereocenters. The van der Waals surface area contributed by atoms with Crippen molar-refractivity contribution in [3.05, 3.63) is 40.2 Å². The number of nitrogens with zero attached hydrogens (tertiary/aromatic N) is 3. The fourth-order valence-corrected chi connectivity index (χ4v) is 1.83. The Kier molecular flexibility index (Phi) is 2.40. The molecule has 0 radical (unpaired) electrons. The predicted octanol–water partition coefficient (Wildman–Crippen LogP) is 1.54. The predicted molar refractivity (Wildman–Crippen MR) is 65.0 cm³/mol. The molecule has 6 nitrogen and oxygen atoms in total. The number of aromatic amines is 1. The number of fused-ring (bicyclic) bond motifs is 1. The summed E-state index contributed by atoms with van der Waals surface area (Å²) in [7, 11) is 0. The van der Waals surface area contributed by atoms with E-state index in [0.29, 0.717) is 17.0 Å². The smallest absolute Gasteiger partial charge is 0.347 e. The van der Waals surface area contributed by atoms with Crippen molar-refractivity contribution in [3.63, 3.8) is 0 Å². The Bertz CT molecular complexity index is 746. The summed E-state index contributed by atoms with van der Waals surface area (Å²) in [5.41, 5.74) is 1.62. The Labute approximate surface area is 102 Å². The fourth-order valence-electron chi connectivity index (χ4n) is 1.83. The highest BCUT2D eigenvalue weighted by molar-refractivity contribution is 5.81. The molecule has 90 valence electrons. The Hall–Kier alpha value is -2.50. The number of hydrogen-bond acceptors (Lipinski definition) is 5. The Morgan fingerprint density at radius 2 is 2.22 bits per heavy atom. The van der Waals surface area contributed by atoms with Crippen LogP contribution in [-0.2, 0) is 6.42 Å². The second kappa shape index (κ2) is 4.06.